The van der Waals surface area contributed by atoms with Gasteiger partial charge >= 0.3 is 0 Å². The first-order valence-corrected chi connectivity index (χ1v) is 13.2. The molecule has 0 aliphatic carbocycles. The molecular formula is C29H37N7O. The highest BCUT2D eigenvalue weighted by Gasteiger charge is 2.35. The average molecular weight is 500 g/mol. The van der Waals surface area contributed by atoms with E-state index in [1.165, 1.54) is 22.4 Å². The van der Waals surface area contributed by atoms with E-state index in [1.54, 1.807) is 0 Å². The lowest BCUT2D eigenvalue weighted by Crippen LogP contribution is -2.49. The first kappa shape index (κ1) is 25.1. The van der Waals surface area contributed by atoms with Gasteiger partial charge in [0, 0.05) is 42.9 Å². The van der Waals surface area contributed by atoms with Gasteiger partial charge in [0.05, 0.1) is 5.54 Å². The zero-order valence-electron chi connectivity index (χ0n) is 22.7. The van der Waals surface area contributed by atoms with Gasteiger partial charge in [-0.3, -0.25) is 9.69 Å². The number of benzene rings is 2. The molecule has 2 aromatic carbocycles. The van der Waals surface area contributed by atoms with E-state index in [9.17, 15) is 4.79 Å². The third-order valence-electron chi connectivity index (χ3n) is 7.40. The topological polar surface area (TPSA) is 82.9 Å². The molecule has 0 spiro atoms. The number of H-pyrrole nitrogens is 1. The van der Waals surface area contributed by atoms with Gasteiger partial charge in [0.1, 0.15) is 6.04 Å². The number of aryl methyl sites for hydroxylation is 3. The van der Waals surface area contributed by atoms with Crippen LogP contribution >= 0.6 is 0 Å². The van der Waals surface area contributed by atoms with Crippen LogP contribution in [0.2, 0.25) is 0 Å². The number of aromatic nitrogens is 5. The van der Waals surface area contributed by atoms with E-state index >= 15 is 0 Å². The standard InChI is InChI=1S/C29H37N7O/c1-7-21-10-11-24-22(17-21)18-23(28(37)30-24)26(27-31-32-33-36(27)29(4,5)6)35-14-12-34(13-15-35)25-16-19(2)8-9-20(25)3/h8-11,16-18,26H,7,12-15H2,1-6H3,(H,30,37)/t26-/m1/s1. The Labute approximate surface area is 218 Å². The summed E-state index contributed by atoms with van der Waals surface area (Å²) in [5, 5.41) is 13.9. The second-order valence-electron chi connectivity index (χ2n) is 11.2. The van der Waals surface area contributed by atoms with E-state index < -0.39 is 0 Å². The number of nitrogens with one attached hydrogen (secondary N) is 1. The molecule has 194 valence electrons. The summed E-state index contributed by atoms with van der Waals surface area (Å²) >= 11 is 0. The van der Waals surface area contributed by atoms with Crippen LogP contribution in [-0.2, 0) is 12.0 Å². The average Bonchev–Trinajstić information content (AvgIpc) is 3.36. The van der Waals surface area contributed by atoms with Crippen molar-refractivity contribution < 1.29 is 0 Å². The van der Waals surface area contributed by atoms with Crippen LogP contribution in [0.25, 0.3) is 10.9 Å². The Morgan fingerprint density at radius 1 is 1.00 bits per heavy atom. The van der Waals surface area contributed by atoms with Gasteiger partial charge in [-0.15, -0.1) is 5.10 Å². The van der Waals surface area contributed by atoms with E-state index in [-0.39, 0.29) is 17.1 Å². The molecule has 4 aromatic rings. The van der Waals surface area contributed by atoms with Crippen LogP contribution in [0.3, 0.4) is 0 Å². The summed E-state index contributed by atoms with van der Waals surface area (Å²) < 4.78 is 1.86. The third kappa shape index (κ3) is 4.90. The molecule has 0 amide bonds. The minimum absolute atomic E-state index is 0.0952. The Morgan fingerprint density at radius 2 is 1.76 bits per heavy atom. The van der Waals surface area contributed by atoms with Crippen molar-refractivity contribution in [3.63, 3.8) is 0 Å². The lowest BCUT2D eigenvalue weighted by Gasteiger charge is -2.40. The summed E-state index contributed by atoms with van der Waals surface area (Å²) in [5.74, 6) is 0.698. The van der Waals surface area contributed by atoms with Crippen molar-refractivity contribution in [2.75, 3.05) is 31.1 Å². The summed E-state index contributed by atoms with van der Waals surface area (Å²) in [6.45, 7) is 16.0. The summed E-state index contributed by atoms with van der Waals surface area (Å²) in [6, 6.07) is 14.5. The van der Waals surface area contributed by atoms with Gasteiger partial charge in [0.2, 0.25) is 0 Å². The highest BCUT2D eigenvalue weighted by Crippen LogP contribution is 2.31. The lowest BCUT2D eigenvalue weighted by atomic mass is 10.00. The number of hydrogen-bond acceptors (Lipinski definition) is 6. The number of hydrogen-bond donors (Lipinski definition) is 1. The molecule has 0 unspecified atom stereocenters. The first-order chi connectivity index (χ1) is 17.7. The van der Waals surface area contributed by atoms with Gasteiger partial charge in [0.15, 0.2) is 5.82 Å². The molecule has 8 nitrogen and oxygen atoms in total. The van der Waals surface area contributed by atoms with E-state index in [1.807, 2.05) is 16.8 Å². The SMILES string of the molecule is CCc1ccc2[nH]c(=O)c([C@H](c3nnnn3C(C)(C)C)N3CCN(c4cc(C)ccc4C)CC3)cc2c1. The van der Waals surface area contributed by atoms with E-state index in [0.717, 1.165) is 43.5 Å². The molecule has 8 heteroatoms. The molecule has 0 saturated carbocycles. The normalized spacial score (nSPS) is 15.9. The molecule has 1 saturated heterocycles. The predicted molar refractivity (Wildman–Crippen MR) is 148 cm³/mol. The molecule has 1 fully saturated rings. The maximum Gasteiger partial charge on any atom is 0.253 e. The number of anilines is 1. The molecule has 1 aliphatic heterocycles. The Morgan fingerprint density at radius 3 is 2.46 bits per heavy atom. The van der Waals surface area contributed by atoms with E-state index in [0.29, 0.717) is 11.4 Å². The maximum atomic E-state index is 13.5. The van der Waals surface area contributed by atoms with Crippen molar-refractivity contribution in [1.29, 1.82) is 0 Å². The van der Waals surface area contributed by atoms with E-state index in [2.05, 4.69) is 102 Å². The Balaban J connectivity index is 1.56. The molecule has 0 bridgehead atoms. The minimum atomic E-state index is -0.353. The highest BCUT2D eigenvalue weighted by atomic mass is 16.1. The van der Waals surface area contributed by atoms with Crippen molar-refractivity contribution in [2.24, 2.45) is 0 Å². The Bertz CT molecular complexity index is 1470. The zero-order valence-corrected chi connectivity index (χ0v) is 22.7. The van der Waals surface area contributed by atoms with Crippen molar-refractivity contribution in [2.45, 2.75) is 59.5 Å². The molecule has 0 radical (unpaired) electrons. The lowest BCUT2D eigenvalue weighted by molar-refractivity contribution is 0.190. The molecule has 1 N–H and O–H groups in total. The summed E-state index contributed by atoms with van der Waals surface area (Å²) in [5.41, 5.74) is 6.18. The maximum absolute atomic E-state index is 13.5. The highest BCUT2D eigenvalue weighted by molar-refractivity contribution is 5.80. The number of pyridine rings is 1. The number of rotatable bonds is 5. The van der Waals surface area contributed by atoms with Crippen LogP contribution in [0.1, 0.15) is 61.8 Å². The quantitative estimate of drug-likeness (QED) is 0.439. The van der Waals surface area contributed by atoms with Crippen molar-refractivity contribution >= 4 is 16.6 Å². The smallest absolute Gasteiger partial charge is 0.253 e. The molecular weight excluding hydrogens is 462 g/mol. The fraction of sp³-hybridized carbons (Fsp3) is 0.448. The van der Waals surface area contributed by atoms with Crippen LogP contribution in [0.5, 0.6) is 0 Å². The first-order valence-electron chi connectivity index (χ1n) is 13.2. The largest absolute Gasteiger partial charge is 0.369 e. The van der Waals surface area contributed by atoms with Crippen molar-refractivity contribution in [3.05, 3.63) is 80.9 Å². The number of aromatic amines is 1. The van der Waals surface area contributed by atoms with Gasteiger partial charge < -0.3 is 9.88 Å². The van der Waals surface area contributed by atoms with Gasteiger partial charge in [-0.2, -0.15) is 0 Å². The van der Waals surface area contributed by atoms with Crippen LogP contribution in [-0.4, -0.2) is 56.3 Å². The van der Waals surface area contributed by atoms with Gasteiger partial charge in [-0.05, 0) is 97.8 Å². The minimum Gasteiger partial charge on any atom is -0.369 e. The predicted octanol–water partition coefficient (Wildman–Crippen LogP) is 4.36. The van der Waals surface area contributed by atoms with Crippen LogP contribution in [0.15, 0.2) is 47.3 Å². The monoisotopic (exact) mass is 499 g/mol. The fourth-order valence-corrected chi connectivity index (χ4v) is 5.32. The molecule has 2 aromatic heterocycles. The second kappa shape index (κ2) is 9.74. The molecule has 37 heavy (non-hydrogen) atoms. The Kier molecular flexibility index (Phi) is 6.62. The third-order valence-corrected chi connectivity index (χ3v) is 7.40. The van der Waals surface area contributed by atoms with Crippen LogP contribution < -0.4 is 10.5 Å². The fourth-order valence-electron chi connectivity index (χ4n) is 5.32. The van der Waals surface area contributed by atoms with Crippen LogP contribution in [0, 0.1) is 13.8 Å². The van der Waals surface area contributed by atoms with Crippen molar-refractivity contribution in [1.82, 2.24) is 30.1 Å². The number of nitrogens with zero attached hydrogens (tertiary/aromatic N) is 6. The molecule has 1 atom stereocenters. The summed E-state index contributed by atoms with van der Waals surface area (Å²) in [4.78, 5) is 21.5. The molecule has 5 rings (SSSR count). The number of tetrazole rings is 1. The summed E-state index contributed by atoms with van der Waals surface area (Å²) in [6.07, 6.45) is 0.941. The zero-order chi connectivity index (χ0) is 26.3. The van der Waals surface area contributed by atoms with Crippen LogP contribution in [0.4, 0.5) is 5.69 Å². The Hall–Kier alpha value is -3.52. The van der Waals surface area contributed by atoms with E-state index in [4.69, 9.17) is 0 Å². The van der Waals surface area contributed by atoms with Crippen molar-refractivity contribution in [3.8, 4) is 0 Å². The summed E-state index contributed by atoms with van der Waals surface area (Å²) in [7, 11) is 0. The number of piperazine rings is 1. The molecule has 3 heterocycles. The van der Waals surface area contributed by atoms with Gasteiger partial charge in [-0.25, -0.2) is 4.68 Å². The number of fused-ring (bicyclic) bond motifs is 1. The van der Waals surface area contributed by atoms with Gasteiger partial charge in [-0.1, -0.05) is 25.1 Å². The second-order valence-corrected chi connectivity index (χ2v) is 11.2. The van der Waals surface area contributed by atoms with Gasteiger partial charge in [0.25, 0.3) is 5.56 Å². The molecule has 1 aliphatic rings.